The van der Waals surface area contributed by atoms with Crippen molar-refractivity contribution in [3.8, 4) is 0 Å². The fraction of sp³-hybridized carbons (Fsp3) is 1.00. The molecule has 1 saturated heterocycles. The van der Waals surface area contributed by atoms with Crippen molar-refractivity contribution in [3.63, 3.8) is 0 Å². The van der Waals surface area contributed by atoms with Gasteiger partial charge < -0.3 is 18.9 Å². The summed E-state index contributed by atoms with van der Waals surface area (Å²) >= 11 is 0. The maximum Gasteiger partial charge on any atom is 0.146 e. The molecular formula is C9H18O4. The maximum atomic E-state index is 5.31. The third kappa shape index (κ3) is 6.95. The molecule has 0 unspecified atom stereocenters. The van der Waals surface area contributed by atoms with Crippen molar-refractivity contribution in [2.75, 3.05) is 46.4 Å². The van der Waals surface area contributed by atoms with Gasteiger partial charge in [0, 0.05) is 13.2 Å². The molecule has 1 aliphatic rings. The van der Waals surface area contributed by atoms with E-state index in [0.29, 0.717) is 33.2 Å². The molecule has 0 atom stereocenters. The van der Waals surface area contributed by atoms with Crippen LogP contribution in [0.5, 0.6) is 0 Å². The highest BCUT2D eigenvalue weighted by atomic mass is 16.7. The van der Waals surface area contributed by atoms with Crippen LogP contribution in [-0.2, 0) is 18.9 Å². The van der Waals surface area contributed by atoms with E-state index in [0.717, 1.165) is 26.1 Å². The van der Waals surface area contributed by atoms with Gasteiger partial charge in [0.05, 0.1) is 26.4 Å². The van der Waals surface area contributed by atoms with E-state index in [1.807, 2.05) is 0 Å². The zero-order valence-electron chi connectivity index (χ0n) is 8.00. The fourth-order valence-corrected chi connectivity index (χ4v) is 1.02. The van der Waals surface area contributed by atoms with E-state index in [1.54, 1.807) is 0 Å². The monoisotopic (exact) mass is 190 g/mol. The van der Waals surface area contributed by atoms with Crippen LogP contribution < -0.4 is 0 Å². The zero-order valence-corrected chi connectivity index (χ0v) is 8.00. The van der Waals surface area contributed by atoms with Gasteiger partial charge in [-0.05, 0) is 12.8 Å². The van der Waals surface area contributed by atoms with E-state index in [4.69, 9.17) is 18.9 Å². The topological polar surface area (TPSA) is 36.9 Å². The van der Waals surface area contributed by atoms with Gasteiger partial charge in [-0.2, -0.15) is 0 Å². The highest BCUT2D eigenvalue weighted by molar-refractivity contribution is 4.39. The van der Waals surface area contributed by atoms with E-state index in [-0.39, 0.29) is 0 Å². The largest absolute Gasteiger partial charge is 0.379 e. The SMILES string of the molecule is C1CCOCCOCOCCOC1. The van der Waals surface area contributed by atoms with Crippen LogP contribution in [0.15, 0.2) is 0 Å². The minimum Gasteiger partial charge on any atom is -0.379 e. The van der Waals surface area contributed by atoms with Crippen LogP contribution in [0.25, 0.3) is 0 Å². The summed E-state index contributed by atoms with van der Waals surface area (Å²) in [5, 5.41) is 0. The Morgan fingerprint density at radius 1 is 0.462 bits per heavy atom. The third-order valence-electron chi connectivity index (χ3n) is 1.74. The van der Waals surface area contributed by atoms with Crippen molar-refractivity contribution in [2.45, 2.75) is 12.8 Å². The van der Waals surface area contributed by atoms with Gasteiger partial charge >= 0.3 is 0 Å². The average Bonchev–Trinajstić information content (AvgIpc) is 2.18. The molecule has 0 aromatic carbocycles. The molecule has 4 heteroatoms. The second-order valence-corrected chi connectivity index (χ2v) is 2.87. The molecule has 4 nitrogen and oxygen atoms in total. The average molecular weight is 190 g/mol. The van der Waals surface area contributed by atoms with Crippen LogP contribution in [0.4, 0.5) is 0 Å². The quantitative estimate of drug-likeness (QED) is 0.566. The molecule has 78 valence electrons. The molecule has 0 N–H and O–H groups in total. The summed E-state index contributed by atoms with van der Waals surface area (Å²) in [7, 11) is 0. The van der Waals surface area contributed by atoms with Crippen molar-refractivity contribution in [1.82, 2.24) is 0 Å². The van der Waals surface area contributed by atoms with Gasteiger partial charge in [-0.15, -0.1) is 0 Å². The van der Waals surface area contributed by atoms with Gasteiger partial charge in [0.15, 0.2) is 0 Å². The van der Waals surface area contributed by atoms with Gasteiger partial charge in [-0.3, -0.25) is 0 Å². The van der Waals surface area contributed by atoms with Crippen LogP contribution in [0, 0.1) is 0 Å². The van der Waals surface area contributed by atoms with Crippen molar-refractivity contribution in [3.05, 3.63) is 0 Å². The Balaban J connectivity index is 2.01. The Labute approximate surface area is 79.1 Å². The highest BCUT2D eigenvalue weighted by Gasteiger charge is 1.95. The second-order valence-electron chi connectivity index (χ2n) is 2.87. The van der Waals surface area contributed by atoms with E-state index in [9.17, 15) is 0 Å². The van der Waals surface area contributed by atoms with Crippen LogP contribution in [0.3, 0.4) is 0 Å². The lowest BCUT2D eigenvalue weighted by molar-refractivity contribution is -0.0786. The number of hydrogen-bond acceptors (Lipinski definition) is 4. The van der Waals surface area contributed by atoms with E-state index < -0.39 is 0 Å². The summed E-state index contributed by atoms with van der Waals surface area (Å²) < 4.78 is 20.9. The van der Waals surface area contributed by atoms with E-state index in [1.165, 1.54) is 0 Å². The maximum absolute atomic E-state index is 5.31. The minimum atomic E-state index is 0.340. The molecule has 1 heterocycles. The summed E-state index contributed by atoms with van der Waals surface area (Å²) in [5.41, 5.74) is 0. The van der Waals surface area contributed by atoms with Crippen molar-refractivity contribution >= 4 is 0 Å². The van der Waals surface area contributed by atoms with Gasteiger partial charge in [0.25, 0.3) is 0 Å². The van der Waals surface area contributed by atoms with Crippen molar-refractivity contribution in [2.24, 2.45) is 0 Å². The summed E-state index contributed by atoms with van der Waals surface area (Å²) in [6.45, 7) is 4.48. The molecule has 0 radical (unpaired) electrons. The summed E-state index contributed by atoms with van der Waals surface area (Å²) in [4.78, 5) is 0. The fourth-order valence-electron chi connectivity index (χ4n) is 1.02. The molecule has 1 aliphatic heterocycles. The van der Waals surface area contributed by atoms with Crippen molar-refractivity contribution in [1.29, 1.82) is 0 Å². The predicted molar refractivity (Wildman–Crippen MR) is 47.6 cm³/mol. The van der Waals surface area contributed by atoms with Gasteiger partial charge in [0.2, 0.25) is 0 Å². The van der Waals surface area contributed by atoms with Crippen LogP contribution in [-0.4, -0.2) is 46.4 Å². The smallest absolute Gasteiger partial charge is 0.146 e. The summed E-state index contributed by atoms with van der Waals surface area (Å²) in [5.74, 6) is 0. The van der Waals surface area contributed by atoms with Gasteiger partial charge in [0.1, 0.15) is 6.79 Å². The normalized spacial score (nSPS) is 24.0. The molecule has 0 bridgehead atoms. The summed E-state index contributed by atoms with van der Waals surface area (Å²) in [6, 6.07) is 0. The Hall–Kier alpha value is -0.160. The first kappa shape index (κ1) is 10.9. The minimum absolute atomic E-state index is 0.340. The molecule has 1 rings (SSSR count). The lowest BCUT2D eigenvalue weighted by Gasteiger charge is -2.04. The Bertz CT molecular complexity index is 59.7. The lowest BCUT2D eigenvalue weighted by atomic mass is 10.3. The molecule has 0 saturated carbocycles. The molecule has 0 amide bonds. The molecule has 1 fully saturated rings. The second kappa shape index (κ2) is 8.44. The van der Waals surface area contributed by atoms with Crippen LogP contribution in [0.2, 0.25) is 0 Å². The molecule has 0 aromatic heterocycles. The first-order chi connectivity index (χ1) is 6.50. The first-order valence-corrected chi connectivity index (χ1v) is 4.81. The first-order valence-electron chi connectivity index (χ1n) is 4.81. The number of hydrogen-bond donors (Lipinski definition) is 0. The van der Waals surface area contributed by atoms with Gasteiger partial charge in [-0.1, -0.05) is 0 Å². The highest BCUT2D eigenvalue weighted by Crippen LogP contribution is 1.93. The van der Waals surface area contributed by atoms with E-state index in [2.05, 4.69) is 0 Å². The molecule has 0 spiro atoms. The van der Waals surface area contributed by atoms with Crippen LogP contribution in [0.1, 0.15) is 12.8 Å². The van der Waals surface area contributed by atoms with Crippen LogP contribution >= 0.6 is 0 Å². The Morgan fingerprint density at radius 3 is 1.46 bits per heavy atom. The number of ether oxygens (including phenoxy) is 4. The lowest BCUT2D eigenvalue weighted by Crippen LogP contribution is -2.09. The van der Waals surface area contributed by atoms with E-state index >= 15 is 0 Å². The molecule has 13 heavy (non-hydrogen) atoms. The third-order valence-corrected chi connectivity index (χ3v) is 1.74. The number of rotatable bonds is 0. The summed E-state index contributed by atoms with van der Waals surface area (Å²) in [6.07, 6.45) is 2.11. The molecular weight excluding hydrogens is 172 g/mol. The Morgan fingerprint density at radius 2 is 0.923 bits per heavy atom. The predicted octanol–water partition coefficient (Wildman–Crippen LogP) is 0.804. The Kier molecular flexibility index (Phi) is 7.09. The van der Waals surface area contributed by atoms with Gasteiger partial charge in [-0.25, -0.2) is 0 Å². The zero-order chi connectivity index (χ0) is 9.19. The molecule has 0 aliphatic carbocycles. The molecule has 0 aromatic rings. The van der Waals surface area contributed by atoms with Crippen molar-refractivity contribution < 1.29 is 18.9 Å². The standard InChI is InChI=1S/C9H18O4/c1-2-4-11-6-8-13-9-12-7-5-10-3-1/h1-9H2.